The maximum atomic E-state index is 9.19. The number of fused-ring (bicyclic) bond motifs is 1. The van der Waals surface area contributed by atoms with E-state index in [0.717, 1.165) is 13.0 Å². The van der Waals surface area contributed by atoms with Gasteiger partial charge in [0.15, 0.2) is 0 Å². The molecule has 3 rings (SSSR count). The summed E-state index contributed by atoms with van der Waals surface area (Å²) in [6.45, 7) is 1.75. The lowest BCUT2D eigenvalue weighted by Crippen LogP contribution is -2.41. The lowest BCUT2D eigenvalue weighted by Gasteiger charge is -2.40. The molecule has 1 saturated carbocycles. The number of aliphatic hydroxyl groups excluding tert-OH is 1. The molecule has 112 valence electrons. The summed E-state index contributed by atoms with van der Waals surface area (Å²) in [6, 6.07) is 13.5. The van der Waals surface area contributed by atoms with Crippen molar-refractivity contribution in [3.8, 4) is 0 Å². The number of nitrogens with zero attached hydrogens (tertiary/aromatic N) is 1. The zero-order valence-corrected chi connectivity index (χ0v) is 12.5. The molecule has 0 unspecified atom stereocenters. The average molecular weight is 284 g/mol. The van der Waals surface area contributed by atoms with Gasteiger partial charge in [-0.3, -0.25) is 0 Å². The third-order valence-corrected chi connectivity index (χ3v) is 4.59. The molecule has 3 heteroatoms. The number of aliphatic hydroxyl groups is 1. The SMILES string of the molecule is NCc1ccc(N(CCCO)C2CCC2)c2ccccc12. The zero-order valence-electron chi connectivity index (χ0n) is 12.5. The fraction of sp³-hybridized carbons (Fsp3) is 0.444. The van der Waals surface area contributed by atoms with Gasteiger partial charge in [-0.25, -0.2) is 0 Å². The number of nitrogens with two attached hydrogens (primary N) is 1. The van der Waals surface area contributed by atoms with E-state index in [1.807, 2.05) is 0 Å². The molecule has 1 aliphatic rings. The maximum Gasteiger partial charge on any atom is 0.0448 e. The van der Waals surface area contributed by atoms with E-state index in [2.05, 4.69) is 41.3 Å². The highest BCUT2D eigenvalue weighted by atomic mass is 16.3. The van der Waals surface area contributed by atoms with Crippen LogP contribution < -0.4 is 10.6 Å². The molecular weight excluding hydrogens is 260 g/mol. The predicted molar refractivity (Wildman–Crippen MR) is 88.5 cm³/mol. The van der Waals surface area contributed by atoms with E-state index in [0.29, 0.717) is 12.6 Å². The molecule has 0 bridgehead atoms. The molecule has 0 atom stereocenters. The number of hydrogen-bond acceptors (Lipinski definition) is 3. The molecule has 3 nitrogen and oxygen atoms in total. The average Bonchev–Trinajstić information content (AvgIpc) is 2.48. The van der Waals surface area contributed by atoms with Gasteiger partial charge in [-0.05, 0) is 42.7 Å². The Morgan fingerprint density at radius 3 is 2.48 bits per heavy atom. The van der Waals surface area contributed by atoms with Crippen LogP contribution in [0.3, 0.4) is 0 Å². The van der Waals surface area contributed by atoms with E-state index in [1.54, 1.807) is 0 Å². The first kappa shape index (κ1) is 14.4. The topological polar surface area (TPSA) is 49.5 Å². The van der Waals surface area contributed by atoms with Gasteiger partial charge >= 0.3 is 0 Å². The molecule has 0 radical (unpaired) electrons. The van der Waals surface area contributed by atoms with Crippen molar-refractivity contribution in [1.82, 2.24) is 0 Å². The first-order valence-electron chi connectivity index (χ1n) is 7.93. The number of rotatable bonds is 6. The third-order valence-electron chi connectivity index (χ3n) is 4.59. The van der Waals surface area contributed by atoms with Gasteiger partial charge in [0.2, 0.25) is 0 Å². The van der Waals surface area contributed by atoms with Crippen LogP contribution in [0.15, 0.2) is 36.4 Å². The molecule has 1 aliphatic carbocycles. The lowest BCUT2D eigenvalue weighted by atomic mass is 9.90. The van der Waals surface area contributed by atoms with Crippen LogP contribution in [0.2, 0.25) is 0 Å². The summed E-state index contributed by atoms with van der Waals surface area (Å²) in [7, 11) is 0. The van der Waals surface area contributed by atoms with Crippen LogP contribution in [0.4, 0.5) is 5.69 Å². The van der Waals surface area contributed by atoms with Crippen molar-refractivity contribution in [3.05, 3.63) is 42.0 Å². The normalized spacial score (nSPS) is 15.1. The predicted octanol–water partition coefficient (Wildman–Crippen LogP) is 3.04. The molecular formula is C18H24N2O. The molecule has 1 fully saturated rings. The highest BCUT2D eigenvalue weighted by Gasteiger charge is 2.26. The van der Waals surface area contributed by atoms with Gasteiger partial charge < -0.3 is 15.7 Å². The lowest BCUT2D eigenvalue weighted by molar-refractivity contribution is 0.283. The molecule has 0 aliphatic heterocycles. The summed E-state index contributed by atoms with van der Waals surface area (Å²) in [5, 5.41) is 11.7. The van der Waals surface area contributed by atoms with E-state index in [1.165, 1.54) is 41.3 Å². The van der Waals surface area contributed by atoms with Crippen LogP contribution in [-0.4, -0.2) is 24.3 Å². The van der Waals surface area contributed by atoms with Gasteiger partial charge in [0, 0.05) is 36.8 Å². The van der Waals surface area contributed by atoms with Crippen molar-refractivity contribution >= 4 is 16.5 Å². The van der Waals surface area contributed by atoms with Crippen LogP contribution in [0.5, 0.6) is 0 Å². The van der Waals surface area contributed by atoms with E-state index in [-0.39, 0.29) is 6.61 Å². The van der Waals surface area contributed by atoms with Crippen LogP contribution >= 0.6 is 0 Å². The summed E-state index contributed by atoms with van der Waals surface area (Å²) < 4.78 is 0. The number of benzene rings is 2. The van der Waals surface area contributed by atoms with Crippen LogP contribution in [0, 0.1) is 0 Å². The number of hydrogen-bond donors (Lipinski definition) is 2. The van der Waals surface area contributed by atoms with Crippen molar-refractivity contribution in [1.29, 1.82) is 0 Å². The molecule has 0 heterocycles. The van der Waals surface area contributed by atoms with Crippen molar-refractivity contribution in [2.24, 2.45) is 5.73 Å². The minimum absolute atomic E-state index is 0.252. The molecule has 0 amide bonds. The minimum atomic E-state index is 0.252. The molecule has 2 aromatic carbocycles. The summed E-state index contributed by atoms with van der Waals surface area (Å²) in [5.41, 5.74) is 8.36. The van der Waals surface area contributed by atoms with Crippen LogP contribution in [-0.2, 0) is 6.54 Å². The Morgan fingerprint density at radius 2 is 1.86 bits per heavy atom. The van der Waals surface area contributed by atoms with Gasteiger partial charge in [0.25, 0.3) is 0 Å². The van der Waals surface area contributed by atoms with Crippen LogP contribution in [0.1, 0.15) is 31.2 Å². The molecule has 3 N–H and O–H groups in total. The fourth-order valence-corrected chi connectivity index (χ4v) is 3.21. The third kappa shape index (κ3) is 2.76. The first-order chi connectivity index (χ1) is 10.3. The minimum Gasteiger partial charge on any atom is -0.396 e. The number of anilines is 1. The van der Waals surface area contributed by atoms with Crippen molar-refractivity contribution in [3.63, 3.8) is 0 Å². The monoisotopic (exact) mass is 284 g/mol. The Balaban J connectivity index is 2.04. The second-order valence-corrected chi connectivity index (χ2v) is 5.85. The molecule has 0 aromatic heterocycles. The van der Waals surface area contributed by atoms with E-state index in [9.17, 15) is 5.11 Å². The highest BCUT2D eigenvalue weighted by Crippen LogP contribution is 2.35. The Bertz CT molecular complexity index is 607. The molecule has 0 saturated heterocycles. The van der Waals surface area contributed by atoms with E-state index < -0.39 is 0 Å². The largest absolute Gasteiger partial charge is 0.396 e. The smallest absolute Gasteiger partial charge is 0.0448 e. The van der Waals surface area contributed by atoms with E-state index >= 15 is 0 Å². The van der Waals surface area contributed by atoms with Gasteiger partial charge in [-0.1, -0.05) is 30.3 Å². The maximum absolute atomic E-state index is 9.19. The second-order valence-electron chi connectivity index (χ2n) is 5.85. The Kier molecular flexibility index (Phi) is 4.42. The van der Waals surface area contributed by atoms with Gasteiger partial charge in [0.1, 0.15) is 0 Å². The quantitative estimate of drug-likeness (QED) is 0.857. The Morgan fingerprint density at radius 1 is 1.10 bits per heavy atom. The summed E-state index contributed by atoms with van der Waals surface area (Å²) >= 11 is 0. The van der Waals surface area contributed by atoms with Gasteiger partial charge in [-0.2, -0.15) is 0 Å². The first-order valence-corrected chi connectivity index (χ1v) is 7.93. The fourth-order valence-electron chi connectivity index (χ4n) is 3.21. The molecule has 0 spiro atoms. The van der Waals surface area contributed by atoms with Crippen molar-refractivity contribution in [2.45, 2.75) is 38.3 Å². The highest BCUT2D eigenvalue weighted by molar-refractivity contribution is 5.96. The summed E-state index contributed by atoms with van der Waals surface area (Å²) in [6.07, 6.45) is 4.67. The van der Waals surface area contributed by atoms with Crippen molar-refractivity contribution < 1.29 is 5.11 Å². The molecule has 2 aromatic rings. The molecule has 21 heavy (non-hydrogen) atoms. The Labute approximate surface area is 126 Å². The van der Waals surface area contributed by atoms with Crippen molar-refractivity contribution in [2.75, 3.05) is 18.1 Å². The van der Waals surface area contributed by atoms with E-state index in [4.69, 9.17) is 5.73 Å². The summed E-state index contributed by atoms with van der Waals surface area (Å²) in [5.74, 6) is 0. The van der Waals surface area contributed by atoms with Crippen LogP contribution in [0.25, 0.3) is 10.8 Å². The zero-order chi connectivity index (χ0) is 14.7. The van der Waals surface area contributed by atoms with Gasteiger partial charge in [0.05, 0.1) is 0 Å². The summed E-state index contributed by atoms with van der Waals surface area (Å²) in [4.78, 5) is 2.49. The standard InChI is InChI=1S/C18H24N2O/c19-13-14-9-10-18(17-8-2-1-7-16(14)17)20(11-4-12-21)15-5-3-6-15/h1-2,7-10,15,21H,3-6,11-13,19H2. The Hall–Kier alpha value is -1.58. The van der Waals surface area contributed by atoms with Gasteiger partial charge in [-0.15, -0.1) is 0 Å². The second kappa shape index (κ2) is 6.46.